The van der Waals surface area contributed by atoms with Crippen LogP contribution in [0, 0.1) is 6.92 Å². The highest BCUT2D eigenvalue weighted by Gasteiger charge is 2.31. The predicted octanol–water partition coefficient (Wildman–Crippen LogP) is 1.59. The van der Waals surface area contributed by atoms with Crippen LogP contribution >= 0.6 is 0 Å². The fourth-order valence-corrected chi connectivity index (χ4v) is 1.96. The summed E-state index contributed by atoms with van der Waals surface area (Å²) < 4.78 is 5.49. The predicted molar refractivity (Wildman–Crippen MR) is 65.6 cm³/mol. The van der Waals surface area contributed by atoms with Crippen LogP contribution in [-0.2, 0) is 4.74 Å². The molecule has 88 valence electrons. The van der Waals surface area contributed by atoms with Crippen molar-refractivity contribution < 1.29 is 4.74 Å². The number of hydrogen-bond acceptors (Lipinski definition) is 4. The molecule has 1 fully saturated rings. The number of morpholine rings is 1. The fourth-order valence-electron chi connectivity index (χ4n) is 1.96. The number of nitrogens with zero attached hydrogens (tertiary/aromatic N) is 2. The van der Waals surface area contributed by atoms with E-state index in [9.17, 15) is 0 Å². The van der Waals surface area contributed by atoms with Crippen LogP contribution in [-0.4, -0.2) is 30.3 Å². The van der Waals surface area contributed by atoms with E-state index in [-0.39, 0.29) is 5.54 Å². The zero-order chi connectivity index (χ0) is 11.8. The Labute approximate surface area is 96.4 Å². The molecule has 0 aromatic carbocycles. The van der Waals surface area contributed by atoms with Gasteiger partial charge in [-0.15, -0.1) is 0 Å². The highest BCUT2D eigenvalue weighted by atomic mass is 16.5. The van der Waals surface area contributed by atoms with Crippen LogP contribution in [0.1, 0.15) is 19.4 Å². The fraction of sp³-hybridized carbons (Fsp3) is 0.583. The van der Waals surface area contributed by atoms with Crippen LogP contribution in [0.2, 0.25) is 0 Å². The number of aryl methyl sites for hydroxylation is 1. The van der Waals surface area contributed by atoms with E-state index in [0.29, 0.717) is 0 Å². The van der Waals surface area contributed by atoms with Gasteiger partial charge in [-0.1, -0.05) is 0 Å². The molecule has 1 aliphatic rings. The van der Waals surface area contributed by atoms with Gasteiger partial charge in [0.05, 0.1) is 18.8 Å². The second-order valence-corrected chi connectivity index (χ2v) is 4.92. The van der Waals surface area contributed by atoms with Gasteiger partial charge in [0.15, 0.2) is 0 Å². The number of nitrogens with two attached hydrogens (primary N) is 1. The molecule has 0 aliphatic carbocycles. The topological polar surface area (TPSA) is 51.4 Å². The van der Waals surface area contributed by atoms with Gasteiger partial charge in [-0.3, -0.25) is 0 Å². The van der Waals surface area contributed by atoms with Crippen molar-refractivity contribution in [3.63, 3.8) is 0 Å². The molecule has 2 N–H and O–H groups in total. The van der Waals surface area contributed by atoms with Crippen molar-refractivity contribution in [1.29, 1.82) is 0 Å². The van der Waals surface area contributed by atoms with E-state index in [1.807, 2.05) is 19.2 Å². The summed E-state index contributed by atoms with van der Waals surface area (Å²) in [5.41, 5.74) is 7.72. The Morgan fingerprint density at radius 2 is 2.25 bits per heavy atom. The SMILES string of the molecule is Cc1cnc(N2CCOCC2(C)C)cc1N. The third-order valence-corrected chi connectivity index (χ3v) is 3.05. The smallest absolute Gasteiger partial charge is 0.131 e. The van der Waals surface area contributed by atoms with Crippen molar-refractivity contribution in [2.45, 2.75) is 26.3 Å². The summed E-state index contributed by atoms with van der Waals surface area (Å²) in [6.07, 6.45) is 1.83. The average molecular weight is 221 g/mol. The van der Waals surface area contributed by atoms with E-state index < -0.39 is 0 Å². The molecule has 0 bridgehead atoms. The lowest BCUT2D eigenvalue weighted by molar-refractivity contribution is 0.0639. The van der Waals surface area contributed by atoms with Crippen LogP contribution < -0.4 is 10.6 Å². The number of nitrogen functional groups attached to an aromatic ring is 1. The first-order chi connectivity index (χ1) is 7.50. The molecule has 16 heavy (non-hydrogen) atoms. The summed E-state index contributed by atoms with van der Waals surface area (Å²) in [5.74, 6) is 0.941. The van der Waals surface area contributed by atoms with Crippen LogP contribution in [0.5, 0.6) is 0 Å². The Balaban J connectivity index is 2.31. The minimum absolute atomic E-state index is 0.0209. The van der Waals surface area contributed by atoms with Crippen molar-refractivity contribution in [3.8, 4) is 0 Å². The first kappa shape index (κ1) is 11.2. The number of rotatable bonds is 1. The zero-order valence-corrected chi connectivity index (χ0v) is 10.2. The zero-order valence-electron chi connectivity index (χ0n) is 10.2. The van der Waals surface area contributed by atoms with E-state index in [0.717, 1.165) is 36.8 Å². The summed E-state index contributed by atoms with van der Waals surface area (Å²) in [4.78, 5) is 6.71. The van der Waals surface area contributed by atoms with Gasteiger partial charge in [0.2, 0.25) is 0 Å². The van der Waals surface area contributed by atoms with Gasteiger partial charge in [0, 0.05) is 24.5 Å². The highest BCUT2D eigenvalue weighted by Crippen LogP contribution is 2.27. The number of pyridine rings is 1. The first-order valence-corrected chi connectivity index (χ1v) is 5.58. The molecule has 4 heteroatoms. The lowest BCUT2D eigenvalue weighted by Crippen LogP contribution is -2.53. The monoisotopic (exact) mass is 221 g/mol. The summed E-state index contributed by atoms with van der Waals surface area (Å²) >= 11 is 0. The second kappa shape index (κ2) is 3.94. The molecule has 0 atom stereocenters. The minimum atomic E-state index is -0.0209. The quantitative estimate of drug-likeness (QED) is 0.782. The molecular weight excluding hydrogens is 202 g/mol. The molecule has 1 aromatic rings. The Morgan fingerprint density at radius 1 is 1.50 bits per heavy atom. The van der Waals surface area contributed by atoms with Gasteiger partial charge < -0.3 is 15.4 Å². The summed E-state index contributed by atoms with van der Waals surface area (Å²) in [7, 11) is 0. The van der Waals surface area contributed by atoms with E-state index in [4.69, 9.17) is 10.5 Å². The molecule has 0 unspecified atom stereocenters. The number of aromatic nitrogens is 1. The average Bonchev–Trinajstić information content (AvgIpc) is 2.22. The molecule has 1 aromatic heterocycles. The minimum Gasteiger partial charge on any atom is -0.398 e. The van der Waals surface area contributed by atoms with Crippen molar-refractivity contribution in [2.24, 2.45) is 0 Å². The van der Waals surface area contributed by atoms with Crippen LogP contribution in [0.25, 0.3) is 0 Å². The Hall–Kier alpha value is -1.29. The second-order valence-electron chi connectivity index (χ2n) is 4.92. The van der Waals surface area contributed by atoms with Crippen LogP contribution in [0.15, 0.2) is 12.3 Å². The molecule has 4 nitrogen and oxygen atoms in total. The van der Waals surface area contributed by atoms with Crippen LogP contribution in [0.4, 0.5) is 11.5 Å². The molecule has 0 amide bonds. The summed E-state index contributed by atoms with van der Waals surface area (Å²) in [5, 5.41) is 0. The molecule has 0 saturated carbocycles. The molecule has 0 spiro atoms. The van der Waals surface area contributed by atoms with Crippen molar-refractivity contribution in [2.75, 3.05) is 30.4 Å². The third kappa shape index (κ3) is 1.97. The molecule has 0 radical (unpaired) electrons. The van der Waals surface area contributed by atoms with Gasteiger partial charge in [-0.2, -0.15) is 0 Å². The van der Waals surface area contributed by atoms with Gasteiger partial charge in [-0.05, 0) is 26.3 Å². The van der Waals surface area contributed by atoms with E-state index >= 15 is 0 Å². The Kier molecular flexibility index (Phi) is 2.76. The molecular formula is C12H19N3O. The van der Waals surface area contributed by atoms with Gasteiger partial charge in [0.25, 0.3) is 0 Å². The lowest BCUT2D eigenvalue weighted by Gasteiger charge is -2.43. The Bertz CT molecular complexity index is 390. The molecule has 2 rings (SSSR count). The number of hydrogen-bond donors (Lipinski definition) is 1. The van der Waals surface area contributed by atoms with Gasteiger partial charge in [0.1, 0.15) is 5.82 Å². The maximum atomic E-state index is 5.92. The number of anilines is 2. The summed E-state index contributed by atoms with van der Waals surface area (Å²) in [6.45, 7) is 8.62. The van der Waals surface area contributed by atoms with Gasteiger partial charge in [-0.25, -0.2) is 4.98 Å². The maximum Gasteiger partial charge on any atom is 0.131 e. The molecule has 1 aliphatic heterocycles. The Morgan fingerprint density at radius 3 is 2.88 bits per heavy atom. The number of ether oxygens (including phenoxy) is 1. The maximum absolute atomic E-state index is 5.92. The summed E-state index contributed by atoms with van der Waals surface area (Å²) in [6, 6.07) is 1.95. The van der Waals surface area contributed by atoms with E-state index in [1.54, 1.807) is 0 Å². The van der Waals surface area contributed by atoms with Gasteiger partial charge >= 0.3 is 0 Å². The standard InChI is InChI=1S/C12H19N3O/c1-9-7-14-11(6-10(9)13)15-4-5-16-8-12(15,2)3/h6-7H,4-5,8H2,1-3H3,(H2,13,14). The van der Waals surface area contributed by atoms with Crippen molar-refractivity contribution in [1.82, 2.24) is 4.98 Å². The molecule has 2 heterocycles. The van der Waals surface area contributed by atoms with E-state index in [2.05, 4.69) is 23.7 Å². The van der Waals surface area contributed by atoms with Crippen molar-refractivity contribution >= 4 is 11.5 Å². The van der Waals surface area contributed by atoms with E-state index in [1.165, 1.54) is 0 Å². The largest absolute Gasteiger partial charge is 0.398 e. The molecule has 1 saturated heterocycles. The van der Waals surface area contributed by atoms with Crippen LogP contribution in [0.3, 0.4) is 0 Å². The van der Waals surface area contributed by atoms with Crippen molar-refractivity contribution in [3.05, 3.63) is 17.8 Å². The lowest BCUT2D eigenvalue weighted by atomic mass is 10.0. The first-order valence-electron chi connectivity index (χ1n) is 5.58. The third-order valence-electron chi connectivity index (χ3n) is 3.05. The highest BCUT2D eigenvalue weighted by molar-refractivity contribution is 5.56. The normalized spacial score (nSPS) is 19.8.